The monoisotopic (exact) mass is 335 g/mol. The second-order valence-electron chi connectivity index (χ2n) is 5.79. The number of nitrogens with two attached hydrogens (primary N) is 1. The van der Waals surface area contributed by atoms with Crippen LogP contribution in [0.1, 0.15) is 13.3 Å². The number of phenolic OH excluding ortho intramolecular Hbond substituents is 1. The quantitative estimate of drug-likeness (QED) is 0.640. The molecule has 0 bridgehead atoms. The van der Waals surface area contributed by atoms with Crippen LogP contribution in [0.25, 0.3) is 22.5 Å². The molecule has 0 unspecified atom stereocenters. The summed E-state index contributed by atoms with van der Waals surface area (Å²) in [6.07, 6.45) is 6.06. The molecule has 3 aromatic rings. The van der Waals surface area contributed by atoms with Gasteiger partial charge in [-0.25, -0.2) is 9.97 Å². The van der Waals surface area contributed by atoms with Crippen molar-refractivity contribution in [2.45, 2.75) is 19.4 Å². The second kappa shape index (κ2) is 7.72. The Morgan fingerprint density at radius 2 is 2.04 bits per heavy atom. The van der Waals surface area contributed by atoms with Crippen LogP contribution in [-0.2, 0) is 0 Å². The van der Waals surface area contributed by atoms with Crippen molar-refractivity contribution in [3.8, 4) is 28.3 Å². The Kier molecular flexibility index (Phi) is 5.20. The van der Waals surface area contributed by atoms with Crippen molar-refractivity contribution in [2.24, 2.45) is 5.73 Å². The van der Waals surface area contributed by atoms with E-state index in [2.05, 4.69) is 20.3 Å². The predicted octanol–water partition coefficient (Wildman–Crippen LogP) is 3.06. The summed E-state index contributed by atoms with van der Waals surface area (Å²) in [6.45, 7) is 2.67. The highest BCUT2D eigenvalue weighted by Gasteiger charge is 2.11. The van der Waals surface area contributed by atoms with E-state index in [-0.39, 0.29) is 11.8 Å². The van der Waals surface area contributed by atoms with Gasteiger partial charge in [0.2, 0.25) is 0 Å². The van der Waals surface area contributed by atoms with Gasteiger partial charge in [0.15, 0.2) is 5.82 Å². The highest BCUT2D eigenvalue weighted by atomic mass is 16.3. The first-order valence-electron chi connectivity index (χ1n) is 8.23. The van der Waals surface area contributed by atoms with Crippen LogP contribution in [-0.4, -0.2) is 32.6 Å². The van der Waals surface area contributed by atoms with Crippen molar-refractivity contribution < 1.29 is 5.11 Å². The highest BCUT2D eigenvalue weighted by molar-refractivity contribution is 5.74. The Hall–Kier alpha value is -2.99. The maximum Gasteiger partial charge on any atom is 0.165 e. The summed E-state index contributed by atoms with van der Waals surface area (Å²) in [4.78, 5) is 12.9. The van der Waals surface area contributed by atoms with Gasteiger partial charge in [0.1, 0.15) is 11.6 Å². The number of hydrogen-bond acceptors (Lipinski definition) is 6. The van der Waals surface area contributed by atoms with Crippen molar-refractivity contribution in [1.29, 1.82) is 0 Å². The van der Waals surface area contributed by atoms with Crippen molar-refractivity contribution >= 4 is 5.82 Å². The molecule has 0 saturated heterocycles. The first kappa shape index (κ1) is 16.9. The van der Waals surface area contributed by atoms with E-state index in [9.17, 15) is 5.11 Å². The van der Waals surface area contributed by atoms with Gasteiger partial charge in [-0.2, -0.15) is 0 Å². The molecule has 3 rings (SSSR count). The molecule has 0 aliphatic carbocycles. The number of rotatable bonds is 6. The minimum Gasteiger partial charge on any atom is -0.507 e. The van der Waals surface area contributed by atoms with Gasteiger partial charge in [0, 0.05) is 36.7 Å². The normalized spacial score (nSPS) is 11.9. The standard InChI is InChI=1S/C19H21N5O/c1-2-15(20)12-23-18-7-9-22-19(24-18)16-10-13(5-6-17(16)25)14-4-3-8-21-11-14/h3-11,15,25H,2,12,20H2,1H3,(H,22,23,24)/t15-/m1/s1. The zero-order chi connectivity index (χ0) is 17.6. The van der Waals surface area contributed by atoms with E-state index in [1.165, 1.54) is 0 Å². The molecule has 0 fully saturated rings. The lowest BCUT2D eigenvalue weighted by Crippen LogP contribution is -2.28. The zero-order valence-electron chi connectivity index (χ0n) is 14.1. The summed E-state index contributed by atoms with van der Waals surface area (Å²) < 4.78 is 0. The molecular formula is C19H21N5O. The molecule has 0 radical (unpaired) electrons. The summed E-state index contributed by atoms with van der Waals surface area (Å²) in [5, 5.41) is 13.4. The summed E-state index contributed by atoms with van der Waals surface area (Å²) in [5.74, 6) is 1.27. The summed E-state index contributed by atoms with van der Waals surface area (Å²) in [7, 11) is 0. The van der Waals surface area contributed by atoms with Gasteiger partial charge in [-0.1, -0.05) is 19.1 Å². The number of phenols is 1. The van der Waals surface area contributed by atoms with Gasteiger partial charge in [-0.05, 0) is 36.2 Å². The topological polar surface area (TPSA) is 97.0 Å². The van der Waals surface area contributed by atoms with Gasteiger partial charge in [0.05, 0.1) is 5.56 Å². The number of nitrogens with one attached hydrogen (secondary N) is 1. The molecule has 0 aliphatic heterocycles. The van der Waals surface area contributed by atoms with E-state index in [1.807, 2.05) is 31.2 Å². The minimum absolute atomic E-state index is 0.0701. The molecule has 0 amide bonds. The Labute approximate surface area is 146 Å². The van der Waals surface area contributed by atoms with Gasteiger partial charge in [-0.15, -0.1) is 0 Å². The van der Waals surface area contributed by atoms with E-state index in [0.717, 1.165) is 17.5 Å². The Balaban J connectivity index is 1.91. The maximum absolute atomic E-state index is 10.2. The highest BCUT2D eigenvalue weighted by Crippen LogP contribution is 2.31. The van der Waals surface area contributed by atoms with E-state index < -0.39 is 0 Å². The Morgan fingerprint density at radius 3 is 2.80 bits per heavy atom. The molecule has 1 aromatic carbocycles. The molecule has 25 heavy (non-hydrogen) atoms. The number of benzene rings is 1. The fraction of sp³-hybridized carbons (Fsp3) is 0.211. The van der Waals surface area contributed by atoms with Gasteiger partial charge in [-0.3, -0.25) is 4.98 Å². The van der Waals surface area contributed by atoms with Crippen LogP contribution in [0, 0.1) is 0 Å². The van der Waals surface area contributed by atoms with Crippen LogP contribution in [0.15, 0.2) is 55.0 Å². The lowest BCUT2D eigenvalue weighted by atomic mass is 10.0. The molecule has 6 heteroatoms. The summed E-state index contributed by atoms with van der Waals surface area (Å²) >= 11 is 0. The maximum atomic E-state index is 10.2. The van der Waals surface area contributed by atoms with Crippen LogP contribution < -0.4 is 11.1 Å². The van der Waals surface area contributed by atoms with Crippen molar-refractivity contribution in [3.63, 3.8) is 0 Å². The lowest BCUT2D eigenvalue weighted by Gasteiger charge is -2.12. The van der Waals surface area contributed by atoms with Crippen molar-refractivity contribution in [3.05, 3.63) is 55.0 Å². The Morgan fingerprint density at radius 1 is 1.16 bits per heavy atom. The number of hydrogen-bond donors (Lipinski definition) is 3. The van der Waals surface area contributed by atoms with E-state index in [0.29, 0.717) is 23.8 Å². The van der Waals surface area contributed by atoms with E-state index in [4.69, 9.17) is 5.73 Å². The molecule has 0 aliphatic rings. The Bertz CT molecular complexity index is 838. The molecule has 1 atom stereocenters. The number of aromatic hydroxyl groups is 1. The first-order chi connectivity index (χ1) is 12.2. The average molecular weight is 335 g/mol. The molecule has 0 saturated carbocycles. The molecule has 4 N–H and O–H groups in total. The number of pyridine rings is 1. The molecule has 128 valence electrons. The summed E-state index contributed by atoms with van der Waals surface area (Å²) in [6, 6.07) is 11.1. The number of nitrogens with zero attached hydrogens (tertiary/aromatic N) is 3. The van der Waals surface area contributed by atoms with Gasteiger partial charge in [0.25, 0.3) is 0 Å². The molecule has 6 nitrogen and oxygen atoms in total. The summed E-state index contributed by atoms with van der Waals surface area (Å²) in [5.41, 5.74) is 8.41. The van der Waals surface area contributed by atoms with Crippen molar-refractivity contribution in [1.82, 2.24) is 15.0 Å². The van der Waals surface area contributed by atoms with Gasteiger partial charge < -0.3 is 16.2 Å². The first-order valence-corrected chi connectivity index (χ1v) is 8.23. The average Bonchev–Trinajstić information content (AvgIpc) is 2.67. The second-order valence-corrected chi connectivity index (χ2v) is 5.79. The van der Waals surface area contributed by atoms with Crippen LogP contribution in [0.4, 0.5) is 5.82 Å². The molecular weight excluding hydrogens is 314 g/mol. The predicted molar refractivity (Wildman–Crippen MR) is 99.1 cm³/mol. The van der Waals surface area contributed by atoms with Gasteiger partial charge >= 0.3 is 0 Å². The fourth-order valence-corrected chi connectivity index (χ4v) is 2.40. The van der Waals surface area contributed by atoms with Crippen LogP contribution in [0.5, 0.6) is 5.75 Å². The molecule has 2 aromatic heterocycles. The molecule has 0 spiro atoms. The van der Waals surface area contributed by atoms with Crippen LogP contribution in [0.3, 0.4) is 0 Å². The smallest absolute Gasteiger partial charge is 0.165 e. The van der Waals surface area contributed by atoms with E-state index >= 15 is 0 Å². The van der Waals surface area contributed by atoms with E-state index in [1.54, 1.807) is 30.7 Å². The zero-order valence-corrected chi connectivity index (χ0v) is 14.1. The third-order valence-electron chi connectivity index (χ3n) is 3.96. The van der Waals surface area contributed by atoms with Crippen molar-refractivity contribution in [2.75, 3.05) is 11.9 Å². The number of anilines is 1. The van der Waals surface area contributed by atoms with Crippen LogP contribution >= 0.6 is 0 Å². The fourth-order valence-electron chi connectivity index (χ4n) is 2.40. The third-order valence-corrected chi connectivity index (χ3v) is 3.96. The van der Waals surface area contributed by atoms with Crippen LogP contribution in [0.2, 0.25) is 0 Å². The third kappa shape index (κ3) is 4.10. The largest absolute Gasteiger partial charge is 0.507 e. The lowest BCUT2D eigenvalue weighted by molar-refractivity contribution is 0.477. The minimum atomic E-state index is 0.0701. The number of aromatic nitrogens is 3. The SMILES string of the molecule is CC[C@@H](N)CNc1ccnc(-c2cc(-c3cccnc3)ccc2O)n1. The molecule has 2 heterocycles.